The number of thiophene rings is 1. The van der Waals surface area contributed by atoms with E-state index in [0.29, 0.717) is 0 Å². The molecule has 3 nitrogen and oxygen atoms in total. The van der Waals surface area contributed by atoms with Gasteiger partial charge in [-0.1, -0.05) is 30.3 Å². The molecule has 5 rings (SSSR count). The van der Waals surface area contributed by atoms with Crippen LogP contribution in [0, 0.1) is 6.92 Å². The molecule has 5 aromatic rings. The zero-order chi connectivity index (χ0) is 15.4. The third-order valence-corrected chi connectivity index (χ3v) is 5.20. The number of aromatic nitrogens is 3. The maximum Gasteiger partial charge on any atom is 0.119 e. The van der Waals surface area contributed by atoms with Crippen LogP contribution < -0.4 is 0 Å². The zero-order valence-corrected chi connectivity index (χ0v) is 13.3. The summed E-state index contributed by atoms with van der Waals surface area (Å²) in [5, 5.41) is 13.2. The van der Waals surface area contributed by atoms with Gasteiger partial charge in [0.15, 0.2) is 0 Å². The molecule has 0 aliphatic carbocycles. The van der Waals surface area contributed by atoms with Gasteiger partial charge < -0.3 is 0 Å². The Labute approximate surface area is 136 Å². The van der Waals surface area contributed by atoms with Crippen molar-refractivity contribution in [3.05, 3.63) is 59.6 Å². The molecule has 2 aromatic carbocycles. The molecule has 0 aliphatic heterocycles. The second kappa shape index (κ2) is 4.64. The SMILES string of the molecule is Cc1[nH]nc2c1nc(-c1ccc3sccc3c1)c1ccccc12. The molecule has 0 saturated heterocycles. The lowest BCUT2D eigenvalue weighted by Crippen LogP contribution is -1.89. The first-order valence-electron chi connectivity index (χ1n) is 7.52. The topological polar surface area (TPSA) is 41.6 Å². The monoisotopic (exact) mass is 315 g/mol. The van der Waals surface area contributed by atoms with Gasteiger partial charge in [0.05, 0.1) is 11.4 Å². The van der Waals surface area contributed by atoms with E-state index in [1.165, 1.54) is 10.1 Å². The molecule has 1 N–H and O–H groups in total. The van der Waals surface area contributed by atoms with Gasteiger partial charge in [-0.3, -0.25) is 5.10 Å². The number of hydrogen-bond donors (Lipinski definition) is 1. The summed E-state index contributed by atoms with van der Waals surface area (Å²) in [5.41, 5.74) is 5.06. The molecular formula is C19H13N3S. The number of hydrogen-bond acceptors (Lipinski definition) is 3. The van der Waals surface area contributed by atoms with Crippen LogP contribution in [0.3, 0.4) is 0 Å². The van der Waals surface area contributed by atoms with Crippen LogP contribution in [0.5, 0.6) is 0 Å². The van der Waals surface area contributed by atoms with Crippen molar-refractivity contribution in [2.75, 3.05) is 0 Å². The maximum atomic E-state index is 4.93. The highest BCUT2D eigenvalue weighted by Gasteiger charge is 2.13. The van der Waals surface area contributed by atoms with Crippen LogP contribution in [0.15, 0.2) is 53.9 Å². The van der Waals surface area contributed by atoms with E-state index in [2.05, 4.69) is 64.1 Å². The smallest absolute Gasteiger partial charge is 0.119 e. The molecule has 0 radical (unpaired) electrons. The summed E-state index contributed by atoms with van der Waals surface area (Å²) < 4.78 is 1.30. The highest BCUT2D eigenvalue weighted by Crippen LogP contribution is 2.34. The Morgan fingerprint density at radius 1 is 0.957 bits per heavy atom. The average Bonchev–Trinajstić information content (AvgIpc) is 3.20. The molecule has 0 aliphatic rings. The first-order valence-corrected chi connectivity index (χ1v) is 8.40. The zero-order valence-electron chi connectivity index (χ0n) is 12.5. The van der Waals surface area contributed by atoms with Crippen molar-refractivity contribution in [1.29, 1.82) is 0 Å². The number of aromatic amines is 1. The number of pyridine rings is 1. The van der Waals surface area contributed by atoms with Gasteiger partial charge in [-0.15, -0.1) is 11.3 Å². The van der Waals surface area contributed by atoms with Crippen LogP contribution in [-0.2, 0) is 0 Å². The van der Waals surface area contributed by atoms with Crippen LogP contribution in [0.1, 0.15) is 5.69 Å². The van der Waals surface area contributed by atoms with Crippen molar-refractivity contribution >= 4 is 43.2 Å². The van der Waals surface area contributed by atoms with E-state index in [1.807, 2.05) is 6.92 Å². The number of H-pyrrole nitrogens is 1. The summed E-state index contributed by atoms with van der Waals surface area (Å²) in [7, 11) is 0. The number of fused-ring (bicyclic) bond motifs is 4. The summed E-state index contributed by atoms with van der Waals surface area (Å²) in [6, 6.07) is 17.1. The van der Waals surface area contributed by atoms with Crippen LogP contribution >= 0.6 is 11.3 Å². The van der Waals surface area contributed by atoms with E-state index in [9.17, 15) is 0 Å². The fraction of sp³-hybridized carbons (Fsp3) is 0.0526. The number of rotatable bonds is 1. The van der Waals surface area contributed by atoms with E-state index in [0.717, 1.165) is 38.8 Å². The van der Waals surface area contributed by atoms with Gasteiger partial charge in [-0.05, 0) is 35.9 Å². The Bertz CT molecular complexity index is 1180. The van der Waals surface area contributed by atoms with Crippen molar-refractivity contribution in [3.8, 4) is 11.3 Å². The molecule has 0 fully saturated rings. The third-order valence-electron chi connectivity index (χ3n) is 4.30. The fourth-order valence-electron chi connectivity index (χ4n) is 3.15. The molecule has 0 unspecified atom stereocenters. The Hall–Kier alpha value is -2.72. The van der Waals surface area contributed by atoms with Crippen molar-refractivity contribution in [2.45, 2.75) is 6.92 Å². The molecule has 23 heavy (non-hydrogen) atoms. The molecule has 0 bridgehead atoms. The fourth-order valence-corrected chi connectivity index (χ4v) is 3.92. The molecule has 3 aromatic heterocycles. The second-order valence-corrected chi connectivity index (χ2v) is 6.67. The van der Waals surface area contributed by atoms with Gasteiger partial charge in [0, 0.05) is 21.0 Å². The standard InChI is InChI=1S/C19H13N3S/c1-11-17-19(22-21-11)15-5-3-2-4-14(15)18(20-17)13-6-7-16-12(10-13)8-9-23-16/h2-10H,1H3,(H,21,22). The van der Waals surface area contributed by atoms with Crippen LogP contribution in [0.25, 0.3) is 43.1 Å². The normalized spacial score (nSPS) is 11.7. The molecule has 4 heteroatoms. The Kier molecular flexibility index (Phi) is 2.58. The lowest BCUT2D eigenvalue weighted by atomic mass is 10.0. The second-order valence-electron chi connectivity index (χ2n) is 5.73. The Balaban J connectivity index is 1.93. The highest BCUT2D eigenvalue weighted by atomic mass is 32.1. The Morgan fingerprint density at radius 2 is 1.83 bits per heavy atom. The summed E-state index contributed by atoms with van der Waals surface area (Å²) in [6.45, 7) is 2.02. The summed E-state index contributed by atoms with van der Waals surface area (Å²) in [6.07, 6.45) is 0. The van der Waals surface area contributed by atoms with E-state index < -0.39 is 0 Å². The molecule has 0 atom stereocenters. The number of aryl methyl sites for hydroxylation is 1. The third kappa shape index (κ3) is 1.82. The highest BCUT2D eigenvalue weighted by molar-refractivity contribution is 7.17. The van der Waals surface area contributed by atoms with Gasteiger partial charge in [0.25, 0.3) is 0 Å². The predicted octanol–water partition coefficient (Wildman–Crippen LogP) is 5.30. The van der Waals surface area contributed by atoms with Crippen molar-refractivity contribution in [1.82, 2.24) is 15.2 Å². The average molecular weight is 315 g/mol. The van der Waals surface area contributed by atoms with E-state index in [1.54, 1.807) is 11.3 Å². The summed E-state index contributed by atoms with van der Waals surface area (Å²) in [5.74, 6) is 0. The van der Waals surface area contributed by atoms with E-state index in [-0.39, 0.29) is 0 Å². The van der Waals surface area contributed by atoms with Crippen molar-refractivity contribution < 1.29 is 0 Å². The minimum absolute atomic E-state index is 0.943. The molecule has 3 heterocycles. The van der Waals surface area contributed by atoms with Gasteiger partial charge >= 0.3 is 0 Å². The first-order chi connectivity index (χ1) is 11.3. The molecule has 0 saturated carbocycles. The van der Waals surface area contributed by atoms with Crippen molar-refractivity contribution in [3.63, 3.8) is 0 Å². The maximum absolute atomic E-state index is 4.93. The Morgan fingerprint density at radius 3 is 2.74 bits per heavy atom. The van der Waals surface area contributed by atoms with Crippen molar-refractivity contribution in [2.24, 2.45) is 0 Å². The molecule has 0 spiro atoms. The number of nitrogens with zero attached hydrogens (tertiary/aromatic N) is 2. The van der Waals surface area contributed by atoms with Gasteiger partial charge in [-0.25, -0.2) is 4.98 Å². The molecule has 0 amide bonds. The molecular weight excluding hydrogens is 302 g/mol. The van der Waals surface area contributed by atoms with Crippen LogP contribution in [-0.4, -0.2) is 15.2 Å². The lowest BCUT2D eigenvalue weighted by Gasteiger charge is -2.07. The van der Waals surface area contributed by atoms with Crippen LogP contribution in [0.4, 0.5) is 0 Å². The molecule has 110 valence electrons. The summed E-state index contributed by atoms with van der Waals surface area (Å²) in [4.78, 5) is 4.93. The first kappa shape index (κ1) is 12.8. The number of benzene rings is 2. The lowest BCUT2D eigenvalue weighted by molar-refractivity contribution is 1.07. The van der Waals surface area contributed by atoms with Gasteiger partial charge in [0.2, 0.25) is 0 Å². The minimum atomic E-state index is 0.943. The van der Waals surface area contributed by atoms with Crippen LogP contribution in [0.2, 0.25) is 0 Å². The summed E-state index contributed by atoms with van der Waals surface area (Å²) >= 11 is 1.77. The quantitative estimate of drug-likeness (QED) is 0.456. The van der Waals surface area contributed by atoms with Gasteiger partial charge in [0.1, 0.15) is 11.0 Å². The minimum Gasteiger partial charge on any atom is -0.280 e. The van der Waals surface area contributed by atoms with Gasteiger partial charge in [-0.2, -0.15) is 5.10 Å². The predicted molar refractivity (Wildman–Crippen MR) is 97.0 cm³/mol. The van der Waals surface area contributed by atoms with E-state index in [4.69, 9.17) is 4.98 Å². The largest absolute Gasteiger partial charge is 0.280 e. The van der Waals surface area contributed by atoms with E-state index >= 15 is 0 Å². The number of nitrogens with one attached hydrogen (secondary N) is 1.